The Labute approximate surface area is 855 Å². The van der Waals surface area contributed by atoms with Crippen molar-refractivity contribution in [3.8, 4) is 40.2 Å². The third kappa shape index (κ3) is 28.2. The van der Waals surface area contributed by atoms with Crippen LogP contribution in [-0.2, 0) is 132 Å². The van der Waals surface area contributed by atoms with Crippen LogP contribution in [0.1, 0.15) is 131 Å². The minimum Gasteiger partial charge on any atom is -0.743 e. The number of sulfone groups is 1. The molecule has 5 aliphatic heterocycles. The van der Waals surface area contributed by atoms with Crippen molar-refractivity contribution in [2.75, 3.05) is 80.3 Å². The third-order valence-electron chi connectivity index (χ3n) is 23.1. The first-order chi connectivity index (χ1) is 65.5. The van der Waals surface area contributed by atoms with Gasteiger partial charge in [-0.15, -0.1) is 48.8 Å². The van der Waals surface area contributed by atoms with Crippen LogP contribution in [0.5, 0.6) is 40.2 Å². The number of carbonyl (C=O) groups is 5. The molecule has 0 saturated carbocycles. The molecule has 46 heteroatoms. The van der Waals surface area contributed by atoms with Crippen molar-refractivity contribution in [3.05, 3.63) is 257 Å². The van der Waals surface area contributed by atoms with Crippen LogP contribution in [-0.4, -0.2) is 250 Å². The minimum absolute atomic E-state index is 0. The van der Waals surface area contributed by atoms with Crippen LogP contribution in [0.2, 0.25) is 0 Å². The molecule has 7 atom stereocenters. The van der Waals surface area contributed by atoms with Crippen molar-refractivity contribution in [1.82, 2.24) is 30.1 Å². The van der Waals surface area contributed by atoms with E-state index in [9.17, 15) is 74.2 Å². The Balaban J connectivity index is 0.00000283. The number of benzene rings is 7. The first-order valence-corrected chi connectivity index (χ1v) is 50.3. The van der Waals surface area contributed by atoms with E-state index in [0.717, 1.165) is 50.7 Å². The molecule has 5 aliphatic rings. The van der Waals surface area contributed by atoms with Gasteiger partial charge in [0.2, 0.25) is 6.29 Å². The number of aliphatic hydroxyl groups excluding tert-OH is 4. The molecule has 10 aromatic rings. The molecule has 3 aromatic heterocycles. The quantitative estimate of drug-likeness (QED) is 0.00909. The molecule has 728 valence electrons. The zero-order chi connectivity index (χ0) is 97.6. The molecule has 0 radical (unpaired) electrons. The number of amides is 3. The van der Waals surface area contributed by atoms with Crippen LogP contribution in [0, 0.1) is 13.3 Å². The number of hydrogen-bond donors (Lipinski definition) is 5. The first kappa shape index (κ1) is 108. The summed E-state index contributed by atoms with van der Waals surface area (Å²) in [4.78, 5) is 78.0. The average Bonchev–Trinajstić information content (AvgIpc) is 1.63. The maximum Gasteiger partial charge on any atom is 1.00 e. The van der Waals surface area contributed by atoms with Gasteiger partial charge in [-0.05, 0) is 168 Å². The summed E-state index contributed by atoms with van der Waals surface area (Å²) < 4.78 is 184. The normalized spacial score (nSPS) is 17.7. The fourth-order valence-corrected chi connectivity index (χ4v) is 20.9. The second-order valence-electron chi connectivity index (χ2n) is 33.4. The number of ketones is 2. The van der Waals surface area contributed by atoms with Gasteiger partial charge in [-0.1, -0.05) is 46.6 Å². The number of hydrogen-bond acceptors (Lipinski definition) is 35. The molecule has 8 heterocycles. The maximum atomic E-state index is 14.4. The van der Waals surface area contributed by atoms with Gasteiger partial charge >= 0.3 is 80.1 Å². The summed E-state index contributed by atoms with van der Waals surface area (Å²) in [7, 11) is -10.2. The number of nitrogens with one attached hydrogen (secondary N) is 1. The van der Waals surface area contributed by atoms with E-state index in [1.165, 1.54) is 108 Å². The zero-order valence-corrected chi connectivity index (χ0v) is 85.6. The number of aliphatic imine (C=N–C) groups is 1. The zero-order valence-electron chi connectivity index (χ0n) is 76.7. The molecule has 1 saturated heterocycles. The Bertz CT molecular complexity index is 6600. The summed E-state index contributed by atoms with van der Waals surface area (Å²) in [6, 6.07) is 37.0. The minimum atomic E-state index is -5.18. The number of nitrogens with zero attached hydrogens (tertiary/aromatic N) is 7. The van der Waals surface area contributed by atoms with Crippen LogP contribution in [0.3, 0.4) is 0 Å². The van der Waals surface area contributed by atoms with Crippen molar-refractivity contribution >= 4 is 104 Å². The molecule has 5 N–H and O–H groups in total. The molecular formula is C93H99N8Na2O30S6+. The molecule has 0 bridgehead atoms. The van der Waals surface area contributed by atoms with Crippen LogP contribution in [0.25, 0.3) is 0 Å². The number of fused-ring (bicyclic) bond motifs is 6. The number of rotatable bonds is 41. The summed E-state index contributed by atoms with van der Waals surface area (Å²) >= 11 is 3.09. The number of aliphatic hydroxyl groups is 4. The summed E-state index contributed by atoms with van der Waals surface area (Å²) in [6.45, 7) is 3.78. The number of quaternary nitrogens is 1. The third-order valence-corrected chi connectivity index (χ3v) is 28.4. The molecular weight excluding hydrogens is 1950 g/mol. The van der Waals surface area contributed by atoms with Gasteiger partial charge in [-0.2, -0.15) is 6.42 Å². The van der Waals surface area contributed by atoms with E-state index < -0.39 is 113 Å². The van der Waals surface area contributed by atoms with E-state index in [-0.39, 0.29) is 225 Å². The summed E-state index contributed by atoms with van der Waals surface area (Å²) in [5, 5.41) is 56.2. The van der Waals surface area contributed by atoms with Crippen molar-refractivity contribution in [2.24, 2.45) is 4.99 Å². The number of carbonyl (C=O) groups excluding carboxylic acids is 5. The molecule has 15 rings (SSSR count). The number of aromatic nitrogens is 3. The smallest absolute Gasteiger partial charge is 0.743 e. The van der Waals surface area contributed by atoms with Gasteiger partial charge in [-0.25, -0.2) is 26.5 Å². The number of Topliss-reactive ketones (excluding diaryl/α,β-unsaturated/α-hetero) is 2. The Morgan fingerprint density at radius 2 is 1.22 bits per heavy atom. The topological polar surface area (TPSA) is 506 Å². The molecule has 7 aromatic carbocycles. The summed E-state index contributed by atoms with van der Waals surface area (Å²) in [5.41, 5.74) is 8.09. The molecule has 1 fully saturated rings. The van der Waals surface area contributed by atoms with Gasteiger partial charge in [-0.3, -0.25) is 24.0 Å². The molecule has 38 nitrogen and oxygen atoms in total. The van der Waals surface area contributed by atoms with Crippen molar-refractivity contribution in [2.45, 2.75) is 146 Å². The van der Waals surface area contributed by atoms with Crippen LogP contribution in [0.15, 0.2) is 172 Å². The Morgan fingerprint density at radius 3 is 1.89 bits per heavy atom. The van der Waals surface area contributed by atoms with Crippen LogP contribution < -0.4 is 96.5 Å². The van der Waals surface area contributed by atoms with Crippen molar-refractivity contribution < 1.29 is 201 Å². The van der Waals surface area contributed by atoms with E-state index in [2.05, 4.69) is 38.5 Å². The number of aryl methyl sites for hydroxylation is 1. The average molecular weight is 2050 g/mol. The van der Waals surface area contributed by atoms with Gasteiger partial charge in [0.25, 0.3) is 17.7 Å². The molecule has 0 spiro atoms. The van der Waals surface area contributed by atoms with Gasteiger partial charge in [0.1, 0.15) is 77.3 Å². The summed E-state index contributed by atoms with van der Waals surface area (Å²) in [5.74, 6) is -2.42. The van der Waals surface area contributed by atoms with E-state index in [4.69, 9.17) is 63.6 Å². The predicted octanol–water partition coefficient (Wildman–Crippen LogP) is 1.72. The van der Waals surface area contributed by atoms with Crippen LogP contribution in [0.4, 0.5) is 5.69 Å². The monoisotopic (exact) mass is 2050 g/mol. The SMILES string of the molecule is COc1cc2c(cc1OCc1cc(COc3cc4c(cc3OC)C(=O)N3Cc5ccsc5CC3C(S(=O)(=O)[O-])=N4)cc(C[N+](C)(C)Cc3ccc(OS(=O)(=O)Oc4cc(C(=O)CCCOCCn5cc(COCCOCCNC(=O)c6ccc(C(=O)CCS(=O)(=O)c7ccc(C)cc7)cc6)nn5)ccc4OC4O[C@H](CO)[C@H](O)[C@H](O)[C@H]4O)cc3)c1)C[CH-]C1Cc3sccc3CN1C2=O.O=S(=O)=O.[Na+].[Na+]. The van der Waals surface area contributed by atoms with Gasteiger partial charge < -0.3 is 102 Å². The van der Waals surface area contributed by atoms with E-state index in [0.29, 0.717) is 76.5 Å². The Hall–Kier alpha value is -9.83. The van der Waals surface area contributed by atoms with Gasteiger partial charge in [0, 0.05) is 94.7 Å². The molecule has 139 heavy (non-hydrogen) atoms. The molecule has 3 unspecified atom stereocenters. The standard InChI is InChI=1S/C93H100N8O27S5.2Na.O3S/c1-56-8-21-70(22-9-56)131(111,112)36-26-76(104)61-12-14-62(15-13-61)89(108)94-27-30-121-32-33-122-55-67-49-98(97-96-67)28-31-120-29-6-7-75(103)64-17-23-77(125-93-88(107)87(106)86(105)83(52-102)126-93)82(41-64)128-133(116,117)127-69-19-10-57(11-20-69)50-101(2,3)51-58-37-59(53-123-80-40-63-16-18-68-42-84-65(24-34-129-84)47-99(68)91(109)71(63)43-78(80)118-4)39-60(38-58)54-124-81-45-73-72(44-79(81)119-5)92(110)100-48-66-25-35-130-85(66)46-74(100)90(95-73)132(113,114)115;;;1-4(2)3/h8-15,17-25,34-35,37-41,43-45,49,68,74,83,86-88,93,102,105-107H,6-7,16,26-33,36,42,46-48,50-55H2,1-5H3,(H,94,108)(H,113,114,115);;;/q;2*+1;/p-1/t68?,74?,83-,86+,87+,88-,93?;;;/m1.../s1. The Kier molecular flexibility index (Phi) is 37.5. The fourth-order valence-electron chi connectivity index (χ4n) is 16.3. The fraction of sp³-hybridized carbons (Fsp3) is 0.366. The van der Waals surface area contributed by atoms with E-state index in [1.54, 1.807) is 52.5 Å². The van der Waals surface area contributed by atoms with Crippen LogP contribution >= 0.6 is 22.7 Å². The first-order valence-electron chi connectivity index (χ1n) is 43.2. The van der Waals surface area contributed by atoms with E-state index >= 15 is 0 Å². The Morgan fingerprint density at radius 1 is 0.619 bits per heavy atom. The van der Waals surface area contributed by atoms with Gasteiger partial charge in [0.05, 0.1) is 109 Å². The van der Waals surface area contributed by atoms with Crippen molar-refractivity contribution in [3.63, 3.8) is 0 Å². The van der Waals surface area contributed by atoms with Crippen molar-refractivity contribution in [1.29, 1.82) is 0 Å². The van der Waals surface area contributed by atoms with Gasteiger partial charge in [0.15, 0.2) is 55.9 Å². The van der Waals surface area contributed by atoms with E-state index in [1.807, 2.05) is 61.6 Å². The molecule has 0 aliphatic carbocycles. The maximum absolute atomic E-state index is 14.4. The predicted molar refractivity (Wildman–Crippen MR) is 492 cm³/mol. The number of thiophene rings is 2. The number of methoxy groups -OCH3 is 2. The number of ether oxygens (including phenoxy) is 9. The largest absolute Gasteiger partial charge is 1.00 e. The second kappa shape index (κ2) is 48.3. The molecule has 3 amide bonds. The summed E-state index contributed by atoms with van der Waals surface area (Å²) in [6.07, 6.45) is -3.69. The second-order valence-corrected chi connectivity index (χ2v) is 40.4.